The van der Waals surface area contributed by atoms with Gasteiger partial charge in [0.25, 0.3) is 0 Å². The fourth-order valence-corrected chi connectivity index (χ4v) is 2.75. The van der Waals surface area contributed by atoms with Crippen LogP contribution >= 0.6 is 0 Å². The molecule has 2 heterocycles. The molecule has 3 rings (SSSR count). The largest absolute Gasteiger partial charge is 0.491 e. The Bertz CT molecular complexity index is 380. The van der Waals surface area contributed by atoms with Gasteiger partial charge in [0, 0.05) is 24.7 Å². The van der Waals surface area contributed by atoms with E-state index < -0.39 is 0 Å². The third-order valence-electron chi connectivity index (χ3n) is 3.74. The molecule has 1 saturated heterocycles. The molecule has 0 aliphatic carbocycles. The fourth-order valence-electron chi connectivity index (χ4n) is 2.75. The van der Waals surface area contributed by atoms with E-state index in [1.807, 2.05) is 13.1 Å². The molecule has 0 spiro atoms. The van der Waals surface area contributed by atoms with Crippen LogP contribution in [0.2, 0.25) is 0 Å². The zero-order chi connectivity index (χ0) is 11.0. The molecule has 1 fully saturated rings. The van der Waals surface area contributed by atoms with Crippen LogP contribution in [-0.4, -0.2) is 37.7 Å². The monoisotopic (exact) mass is 218 g/mol. The highest BCUT2D eigenvalue weighted by molar-refractivity contribution is 5.39. The number of likely N-dealkylation sites (N-methyl/N-ethyl adjacent to an activating group) is 1. The van der Waals surface area contributed by atoms with Gasteiger partial charge in [-0.25, -0.2) is 0 Å². The standard InChI is InChI=1S/C13H18N2O/c1-14-10-6-7-15(8-10)12-9-16-13-5-3-2-4-11(12)13/h2-5,10,12,14H,6-9H2,1H3. The van der Waals surface area contributed by atoms with Crippen LogP contribution in [0.4, 0.5) is 0 Å². The van der Waals surface area contributed by atoms with E-state index in [0.717, 1.165) is 18.9 Å². The number of fused-ring (bicyclic) bond motifs is 1. The van der Waals surface area contributed by atoms with Gasteiger partial charge in [0.15, 0.2) is 0 Å². The third-order valence-corrected chi connectivity index (χ3v) is 3.74. The van der Waals surface area contributed by atoms with E-state index in [4.69, 9.17) is 4.74 Å². The van der Waals surface area contributed by atoms with Gasteiger partial charge < -0.3 is 10.1 Å². The topological polar surface area (TPSA) is 24.5 Å². The lowest BCUT2D eigenvalue weighted by molar-refractivity contribution is 0.192. The Morgan fingerprint density at radius 2 is 2.25 bits per heavy atom. The molecular weight excluding hydrogens is 200 g/mol. The number of nitrogens with one attached hydrogen (secondary N) is 1. The molecule has 0 amide bonds. The lowest BCUT2D eigenvalue weighted by Gasteiger charge is -2.22. The van der Waals surface area contributed by atoms with Crippen molar-refractivity contribution in [2.24, 2.45) is 0 Å². The Kier molecular flexibility index (Phi) is 2.58. The Morgan fingerprint density at radius 3 is 3.06 bits per heavy atom. The summed E-state index contributed by atoms with van der Waals surface area (Å²) >= 11 is 0. The van der Waals surface area contributed by atoms with E-state index in [0.29, 0.717) is 12.1 Å². The first-order valence-electron chi connectivity index (χ1n) is 6.01. The summed E-state index contributed by atoms with van der Waals surface area (Å²) in [5.74, 6) is 1.07. The predicted octanol–water partition coefficient (Wildman–Crippen LogP) is 1.41. The summed E-state index contributed by atoms with van der Waals surface area (Å²) in [7, 11) is 2.05. The molecule has 16 heavy (non-hydrogen) atoms. The van der Waals surface area contributed by atoms with Crippen LogP contribution in [0.3, 0.4) is 0 Å². The second-order valence-corrected chi connectivity index (χ2v) is 4.63. The summed E-state index contributed by atoms with van der Waals surface area (Å²) in [6.45, 7) is 3.13. The average molecular weight is 218 g/mol. The van der Waals surface area contributed by atoms with E-state index in [-0.39, 0.29) is 0 Å². The molecule has 1 aromatic rings. The number of likely N-dealkylation sites (tertiary alicyclic amines) is 1. The average Bonchev–Trinajstić information content (AvgIpc) is 2.94. The van der Waals surface area contributed by atoms with Crippen LogP contribution in [0.25, 0.3) is 0 Å². The van der Waals surface area contributed by atoms with Gasteiger partial charge in [-0.15, -0.1) is 0 Å². The molecule has 2 atom stereocenters. The number of hydrogen-bond acceptors (Lipinski definition) is 3. The summed E-state index contributed by atoms with van der Waals surface area (Å²) in [6.07, 6.45) is 1.25. The molecule has 2 aliphatic rings. The molecule has 2 aliphatic heterocycles. The first-order valence-corrected chi connectivity index (χ1v) is 6.01. The number of nitrogens with zero attached hydrogens (tertiary/aromatic N) is 1. The van der Waals surface area contributed by atoms with Gasteiger partial charge in [0.1, 0.15) is 12.4 Å². The van der Waals surface area contributed by atoms with Crippen molar-refractivity contribution < 1.29 is 4.74 Å². The minimum absolute atomic E-state index is 0.467. The maximum Gasteiger partial charge on any atom is 0.124 e. The Hall–Kier alpha value is -1.06. The van der Waals surface area contributed by atoms with Crippen LogP contribution < -0.4 is 10.1 Å². The van der Waals surface area contributed by atoms with Crippen molar-refractivity contribution in [3.63, 3.8) is 0 Å². The van der Waals surface area contributed by atoms with Gasteiger partial charge in [0.2, 0.25) is 0 Å². The third kappa shape index (κ3) is 1.60. The van der Waals surface area contributed by atoms with Gasteiger partial charge in [-0.3, -0.25) is 4.90 Å². The summed E-state index contributed by atoms with van der Waals surface area (Å²) in [6, 6.07) is 9.52. The summed E-state index contributed by atoms with van der Waals surface area (Å²) in [5.41, 5.74) is 1.36. The Labute approximate surface area is 96.4 Å². The van der Waals surface area contributed by atoms with Gasteiger partial charge in [-0.05, 0) is 19.5 Å². The maximum atomic E-state index is 5.73. The van der Waals surface area contributed by atoms with Gasteiger partial charge in [-0.1, -0.05) is 18.2 Å². The zero-order valence-electron chi connectivity index (χ0n) is 9.65. The highest BCUT2D eigenvalue weighted by atomic mass is 16.5. The molecule has 2 unspecified atom stereocenters. The minimum Gasteiger partial charge on any atom is -0.491 e. The fraction of sp³-hybridized carbons (Fsp3) is 0.538. The SMILES string of the molecule is CNC1CCN(C2COc3ccccc32)C1. The summed E-state index contributed by atoms with van der Waals surface area (Å²) in [5, 5.41) is 3.36. The van der Waals surface area contributed by atoms with Gasteiger partial charge >= 0.3 is 0 Å². The number of hydrogen-bond donors (Lipinski definition) is 1. The second-order valence-electron chi connectivity index (χ2n) is 4.63. The zero-order valence-corrected chi connectivity index (χ0v) is 9.65. The van der Waals surface area contributed by atoms with Gasteiger partial charge in [0.05, 0.1) is 6.04 Å². The van der Waals surface area contributed by atoms with Crippen molar-refractivity contribution in [2.75, 3.05) is 26.7 Å². The number of ether oxygens (including phenoxy) is 1. The predicted molar refractivity (Wildman–Crippen MR) is 63.7 cm³/mol. The number of rotatable bonds is 2. The van der Waals surface area contributed by atoms with E-state index in [2.05, 4.69) is 28.4 Å². The first kappa shape index (κ1) is 10.1. The van der Waals surface area contributed by atoms with Crippen molar-refractivity contribution in [3.8, 4) is 5.75 Å². The lowest BCUT2D eigenvalue weighted by Crippen LogP contribution is -2.32. The van der Waals surface area contributed by atoms with Crippen molar-refractivity contribution in [2.45, 2.75) is 18.5 Å². The van der Waals surface area contributed by atoms with Crippen molar-refractivity contribution in [3.05, 3.63) is 29.8 Å². The molecule has 0 saturated carbocycles. The molecule has 0 bridgehead atoms. The molecule has 0 aromatic heterocycles. The summed E-state index contributed by atoms with van der Waals surface area (Å²) in [4.78, 5) is 2.53. The van der Waals surface area contributed by atoms with Gasteiger partial charge in [-0.2, -0.15) is 0 Å². The highest BCUT2D eigenvalue weighted by Crippen LogP contribution is 2.37. The number of para-hydroxylation sites is 1. The van der Waals surface area contributed by atoms with Crippen molar-refractivity contribution in [1.82, 2.24) is 10.2 Å². The molecular formula is C13H18N2O. The quantitative estimate of drug-likeness (QED) is 0.812. The normalized spacial score (nSPS) is 29.1. The smallest absolute Gasteiger partial charge is 0.124 e. The summed E-state index contributed by atoms with van der Waals surface area (Å²) < 4.78 is 5.73. The van der Waals surface area contributed by atoms with Crippen LogP contribution in [0.5, 0.6) is 5.75 Å². The molecule has 1 aromatic carbocycles. The Morgan fingerprint density at radius 1 is 1.38 bits per heavy atom. The van der Waals surface area contributed by atoms with Crippen molar-refractivity contribution in [1.29, 1.82) is 0 Å². The van der Waals surface area contributed by atoms with E-state index >= 15 is 0 Å². The second kappa shape index (κ2) is 4.07. The minimum atomic E-state index is 0.467. The molecule has 0 radical (unpaired) electrons. The lowest BCUT2D eigenvalue weighted by atomic mass is 10.1. The molecule has 86 valence electrons. The van der Waals surface area contributed by atoms with Crippen LogP contribution in [0.1, 0.15) is 18.0 Å². The van der Waals surface area contributed by atoms with Crippen LogP contribution in [-0.2, 0) is 0 Å². The maximum absolute atomic E-state index is 5.73. The molecule has 3 heteroatoms. The van der Waals surface area contributed by atoms with E-state index in [9.17, 15) is 0 Å². The number of benzene rings is 1. The molecule has 3 nitrogen and oxygen atoms in total. The first-order chi connectivity index (χ1) is 7.88. The van der Waals surface area contributed by atoms with Crippen molar-refractivity contribution >= 4 is 0 Å². The highest BCUT2D eigenvalue weighted by Gasteiger charge is 2.33. The van der Waals surface area contributed by atoms with E-state index in [1.54, 1.807) is 0 Å². The van der Waals surface area contributed by atoms with Crippen LogP contribution in [0.15, 0.2) is 24.3 Å². The van der Waals surface area contributed by atoms with Crippen LogP contribution in [0, 0.1) is 0 Å². The Balaban J connectivity index is 1.78. The molecule has 1 N–H and O–H groups in total. The van der Waals surface area contributed by atoms with E-state index in [1.165, 1.54) is 18.5 Å².